The number of carbonyl (C=O) groups is 1. The van der Waals surface area contributed by atoms with Crippen LogP contribution in [-0.2, 0) is 6.54 Å². The summed E-state index contributed by atoms with van der Waals surface area (Å²) in [5.74, 6) is 0.519. The van der Waals surface area contributed by atoms with Gasteiger partial charge in [-0.3, -0.25) is 4.79 Å². The van der Waals surface area contributed by atoms with Gasteiger partial charge in [-0.05, 0) is 30.5 Å². The van der Waals surface area contributed by atoms with Gasteiger partial charge >= 0.3 is 0 Å². The first-order valence-electron chi connectivity index (χ1n) is 5.46. The van der Waals surface area contributed by atoms with Gasteiger partial charge in [0.25, 0.3) is 5.91 Å². The van der Waals surface area contributed by atoms with Crippen LogP contribution in [0, 0.1) is 0 Å². The Morgan fingerprint density at radius 1 is 1.56 bits per heavy atom. The summed E-state index contributed by atoms with van der Waals surface area (Å²) in [5.41, 5.74) is 7.05. The normalized spacial score (nSPS) is 14.6. The van der Waals surface area contributed by atoms with Crippen molar-refractivity contribution in [2.24, 2.45) is 5.73 Å². The van der Waals surface area contributed by atoms with Crippen LogP contribution in [0.25, 0.3) is 0 Å². The summed E-state index contributed by atoms with van der Waals surface area (Å²) in [7, 11) is 1.61. The van der Waals surface area contributed by atoms with E-state index in [1.54, 1.807) is 13.1 Å². The third-order valence-electron chi connectivity index (χ3n) is 2.57. The quantitative estimate of drug-likeness (QED) is 0.797. The number of nitrogens with one attached hydrogen (secondary N) is 1. The number of carbonyl (C=O) groups excluding carboxylic acids is 1. The number of hydrogen-bond acceptors (Lipinski definition) is 3. The van der Waals surface area contributed by atoms with E-state index in [2.05, 4.69) is 5.32 Å². The van der Waals surface area contributed by atoms with Crippen LogP contribution in [0.15, 0.2) is 18.2 Å². The maximum absolute atomic E-state index is 11.7. The molecule has 0 atom stereocenters. The summed E-state index contributed by atoms with van der Waals surface area (Å²) in [4.78, 5) is 11.7. The van der Waals surface area contributed by atoms with Crippen LogP contribution in [-0.4, -0.2) is 19.1 Å². The molecule has 1 aromatic carbocycles. The maximum Gasteiger partial charge on any atom is 0.254 e. The smallest absolute Gasteiger partial charge is 0.254 e. The summed E-state index contributed by atoms with van der Waals surface area (Å²) in [5, 5.41) is 2.61. The molecule has 1 fully saturated rings. The van der Waals surface area contributed by atoms with Gasteiger partial charge in [0.15, 0.2) is 0 Å². The average Bonchev–Trinajstić information content (AvgIpc) is 3.12. The lowest BCUT2D eigenvalue weighted by Crippen LogP contribution is -2.19. The molecule has 4 heteroatoms. The zero-order valence-electron chi connectivity index (χ0n) is 9.32. The van der Waals surface area contributed by atoms with Crippen LogP contribution in [0.5, 0.6) is 5.75 Å². The summed E-state index contributed by atoms with van der Waals surface area (Å²) in [6, 6.07) is 5.51. The Morgan fingerprint density at radius 2 is 2.31 bits per heavy atom. The summed E-state index contributed by atoms with van der Waals surface area (Å²) in [6.45, 7) is 0.424. The molecule has 1 aliphatic rings. The zero-order chi connectivity index (χ0) is 11.5. The molecule has 0 unspecified atom stereocenters. The first-order chi connectivity index (χ1) is 7.74. The molecule has 1 aliphatic carbocycles. The number of benzene rings is 1. The van der Waals surface area contributed by atoms with Crippen LogP contribution < -0.4 is 15.8 Å². The van der Waals surface area contributed by atoms with Crippen LogP contribution in [0.1, 0.15) is 28.8 Å². The van der Waals surface area contributed by atoms with Gasteiger partial charge in [0.1, 0.15) is 5.75 Å². The first kappa shape index (κ1) is 11.0. The molecule has 1 saturated carbocycles. The fourth-order valence-electron chi connectivity index (χ4n) is 1.48. The van der Waals surface area contributed by atoms with Crippen molar-refractivity contribution in [3.63, 3.8) is 0 Å². The van der Waals surface area contributed by atoms with E-state index in [0.717, 1.165) is 18.4 Å². The van der Waals surface area contributed by atoms with E-state index in [-0.39, 0.29) is 12.0 Å². The van der Waals surface area contributed by atoms with E-state index < -0.39 is 0 Å². The van der Waals surface area contributed by atoms with Crippen LogP contribution in [0.4, 0.5) is 0 Å². The van der Waals surface area contributed by atoms with Gasteiger partial charge in [0, 0.05) is 13.6 Å². The number of nitrogens with two attached hydrogens (primary N) is 1. The van der Waals surface area contributed by atoms with Crippen molar-refractivity contribution in [3.05, 3.63) is 29.3 Å². The van der Waals surface area contributed by atoms with E-state index in [4.69, 9.17) is 10.5 Å². The van der Waals surface area contributed by atoms with Gasteiger partial charge in [-0.25, -0.2) is 0 Å². The molecule has 1 aromatic rings. The molecule has 4 nitrogen and oxygen atoms in total. The molecular weight excluding hydrogens is 204 g/mol. The van der Waals surface area contributed by atoms with Crippen molar-refractivity contribution in [1.29, 1.82) is 0 Å². The molecule has 0 aromatic heterocycles. The number of amides is 1. The highest BCUT2D eigenvalue weighted by Gasteiger charge is 2.25. The second kappa shape index (κ2) is 4.53. The third-order valence-corrected chi connectivity index (χ3v) is 2.57. The van der Waals surface area contributed by atoms with E-state index >= 15 is 0 Å². The number of hydrogen-bond donors (Lipinski definition) is 2. The molecule has 16 heavy (non-hydrogen) atoms. The average molecular weight is 220 g/mol. The van der Waals surface area contributed by atoms with Crippen molar-refractivity contribution < 1.29 is 9.53 Å². The fraction of sp³-hybridized carbons (Fsp3) is 0.417. The Morgan fingerprint density at radius 3 is 2.88 bits per heavy atom. The van der Waals surface area contributed by atoms with Crippen LogP contribution in [0.3, 0.4) is 0 Å². The van der Waals surface area contributed by atoms with Gasteiger partial charge < -0.3 is 15.8 Å². The largest absolute Gasteiger partial charge is 0.490 e. The lowest BCUT2D eigenvalue weighted by molar-refractivity contribution is 0.0958. The van der Waals surface area contributed by atoms with E-state index in [9.17, 15) is 4.79 Å². The molecule has 2 rings (SSSR count). The first-order valence-corrected chi connectivity index (χ1v) is 5.46. The van der Waals surface area contributed by atoms with Gasteiger partial charge in [-0.15, -0.1) is 0 Å². The Kier molecular flexibility index (Phi) is 3.10. The number of rotatable bonds is 4. The standard InChI is InChI=1S/C12H16N2O2/c1-14-12(15)10-6-8(7-13)2-5-11(10)16-9-3-4-9/h2,5-6,9H,3-4,7,13H2,1H3,(H,14,15). The Labute approximate surface area is 94.8 Å². The highest BCUT2D eigenvalue weighted by atomic mass is 16.5. The predicted octanol–water partition coefficient (Wildman–Crippen LogP) is 1.05. The van der Waals surface area contributed by atoms with Gasteiger partial charge in [0.2, 0.25) is 0 Å². The molecule has 0 heterocycles. The topological polar surface area (TPSA) is 64.4 Å². The van der Waals surface area contributed by atoms with Crippen LogP contribution in [0.2, 0.25) is 0 Å². The molecule has 0 aliphatic heterocycles. The molecule has 0 saturated heterocycles. The maximum atomic E-state index is 11.7. The predicted molar refractivity (Wildman–Crippen MR) is 61.4 cm³/mol. The zero-order valence-corrected chi connectivity index (χ0v) is 9.32. The minimum absolute atomic E-state index is 0.133. The van der Waals surface area contributed by atoms with E-state index in [1.165, 1.54) is 0 Å². The lowest BCUT2D eigenvalue weighted by atomic mass is 10.1. The molecular formula is C12H16N2O2. The van der Waals surface area contributed by atoms with Gasteiger partial charge in [0.05, 0.1) is 11.7 Å². The molecule has 3 N–H and O–H groups in total. The highest BCUT2D eigenvalue weighted by Crippen LogP contribution is 2.29. The van der Waals surface area contributed by atoms with Gasteiger partial charge in [-0.2, -0.15) is 0 Å². The fourth-order valence-corrected chi connectivity index (χ4v) is 1.48. The summed E-state index contributed by atoms with van der Waals surface area (Å²) < 4.78 is 5.68. The minimum Gasteiger partial charge on any atom is -0.490 e. The molecule has 86 valence electrons. The van der Waals surface area contributed by atoms with E-state index in [1.807, 2.05) is 12.1 Å². The van der Waals surface area contributed by atoms with E-state index in [0.29, 0.717) is 17.9 Å². The summed E-state index contributed by atoms with van der Waals surface area (Å²) >= 11 is 0. The Bertz CT molecular complexity index is 400. The van der Waals surface area contributed by atoms with Crippen molar-refractivity contribution >= 4 is 5.91 Å². The summed E-state index contributed by atoms with van der Waals surface area (Å²) in [6.07, 6.45) is 2.43. The van der Waals surface area contributed by atoms with Crippen molar-refractivity contribution in [2.45, 2.75) is 25.5 Å². The molecule has 0 bridgehead atoms. The molecule has 0 radical (unpaired) electrons. The molecule has 1 amide bonds. The Hall–Kier alpha value is -1.55. The monoisotopic (exact) mass is 220 g/mol. The number of ether oxygens (including phenoxy) is 1. The second-order valence-electron chi connectivity index (χ2n) is 3.93. The molecule has 0 spiro atoms. The highest BCUT2D eigenvalue weighted by molar-refractivity contribution is 5.96. The Balaban J connectivity index is 2.29. The third kappa shape index (κ3) is 2.33. The van der Waals surface area contributed by atoms with Crippen molar-refractivity contribution in [3.8, 4) is 5.75 Å². The van der Waals surface area contributed by atoms with Crippen molar-refractivity contribution in [2.75, 3.05) is 7.05 Å². The van der Waals surface area contributed by atoms with Gasteiger partial charge in [-0.1, -0.05) is 6.07 Å². The lowest BCUT2D eigenvalue weighted by Gasteiger charge is -2.11. The van der Waals surface area contributed by atoms with Crippen molar-refractivity contribution in [1.82, 2.24) is 5.32 Å². The SMILES string of the molecule is CNC(=O)c1cc(CN)ccc1OC1CC1. The minimum atomic E-state index is -0.133. The second-order valence-corrected chi connectivity index (χ2v) is 3.93. The van der Waals surface area contributed by atoms with Crippen LogP contribution >= 0.6 is 0 Å².